The molecular weight excluding hydrogens is 216 g/mol. The smallest absolute Gasteiger partial charge is 0.241 e. The average Bonchev–Trinajstić information content (AvgIpc) is 2.52. The number of hydrogen-bond acceptors (Lipinski definition) is 4. The van der Waals surface area contributed by atoms with E-state index in [1.165, 1.54) is 0 Å². The first-order valence-electron chi connectivity index (χ1n) is 5.56. The second kappa shape index (κ2) is 4.83. The monoisotopic (exact) mass is 230 g/mol. The fraction of sp³-hybridized carbons (Fsp3) is 0.417. The summed E-state index contributed by atoms with van der Waals surface area (Å²) in [5.41, 5.74) is 0.569. The van der Waals surface area contributed by atoms with Crippen molar-refractivity contribution in [2.75, 3.05) is 31.6 Å². The van der Waals surface area contributed by atoms with Gasteiger partial charge in [0.2, 0.25) is 5.91 Å². The lowest BCUT2D eigenvalue weighted by atomic mass is 10.2. The lowest BCUT2D eigenvalue weighted by molar-refractivity contribution is -0.127. The van der Waals surface area contributed by atoms with Crippen molar-refractivity contribution < 1.29 is 4.79 Å². The first-order valence-corrected chi connectivity index (χ1v) is 5.56. The van der Waals surface area contributed by atoms with E-state index in [1.807, 2.05) is 11.9 Å². The summed E-state index contributed by atoms with van der Waals surface area (Å²) in [6, 6.07) is 5.46. The molecule has 2 rings (SSSR count). The third-order valence-corrected chi connectivity index (χ3v) is 2.87. The lowest BCUT2D eigenvalue weighted by Crippen LogP contribution is -2.34. The van der Waals surface area contributed by atoms with Gasteiger partial charge in [-0.05, 0) is 18.6 Å². The van der Waals surface area contributed by atoms with Gasteiger partial charge in [0.1, 0.15) is 5.82 Å². The summed E-state index contributed by atoms with van der Waals surface area (Å²) in [5, 5.41) is 8.84. The molecule has 1 saturated heterocycles. The van der Waals surface area contributed by atoms with Crippen molar-refractivity contribution in [2.24, 2.45) is 0 Å². The molecule has 1 aliphatic heterocycles. The van der Waals surface area contributed by atoms with Crippen LogP contribution in [0.3, 0.4) is 0 Å². The van der Waals surface area contributed by atoms with E-state index in [-0.39, 0.29) is 5.91 Å². The summed E-state index contributed by atoms with van der Waals surface area (Å²) in [4.78, 5) is 19.6. The highest BCUT2D eigenvalue weighted by Crippen LogP contribution is 2.14. The van der Waals surface area contributed by atoms with Crippen LogP contribution in [0, 0.1) is 11.3 Å². The van der Waals surface area contributed by atoms with Crippen LogP contribution in [-0.4, -0.2) is 42.5 Å². The Labute approximate surface area is 100 Å². The van der Waals surface area contributed by atoms with E-state index < -0.39 is 0 Å². The normalized spacial score (nSPS) is 16.6. The van der Waals surface area contributed by atoms with Crippen molar-refractivity contribution in [2.45, 2.75) is 6.42 Å². The maximum Gasteiger partial charge on any atom is 0.241 e. The summed E-state index contributed by atoms with van der Waals surface area (Å²) in [5.74, 6) is 0.791. The Hall–Kier alpha value is -2.09. The molecule has 0 atom stereocenters. The summed E-state index contributed by atoms with van der Waals surface area (Å²) in [6.45, 7) is 1.89. The van der Waals surface area contributed by atoms with Gasteiger partial charge in [-0.1, -0.05) is 0 Å². The van der Waals surface area contributed by atoms with Crippen LogP contribution < -0.4 is 4.90 Å². The number of hydrogen-bond donors (Lipinski definition) is 0. The maximum absolute atomic E-state index is 11.7. The van der Waals surface area contributed by atoms with E-state index in [1.54, 1.807) is 23.2 Å². The van der Waals surface area contributed by atoms with Crippen molar-refractivity contribution in [1.82, 2.24) is 9.88 Å². The number of amides is 1. The number of aromatic nitrogens is 1. The second-order valence-corrected chi connectivity index (χ2v) is 4.10. The van der Waals surface area contributed by atoms with Crippen LogP contribution in [0.1, 0.15) is 12.0 Å². The first-order chi connectivity index (χ1) is 8.20. The van der Waals surface area contributed by atoms with Crippen molar-refractivity contribution in [3.05, 3.63) is 23.9 Å². The molecule has 1 aromatic rings. The first kappa shape index (κ1) is 11.4. The molecular formula is C12H14N4O. The molecule has 2 heterocycles. The van der Waals surface area contributed by atoms with Gasteiger partial charge in [-0.15, -0.1) is 0 Å². The number of nitrogens with zero attached hydrogens (tertiary/aromatic N) is 4. The highest BCUT2D eigenvalue weighted by molar-refractivity contribution is 5.81. The molecule has 88 valence electrons. The number of pyridine rings is 1. The zero-order valence-electron chi connectivity index (χ0n) is 9.76. The predicted molar refractivity (Wildman–Crippen MR) is 63.4 cm³/mol. The van der Waals surface area contributed by atoms with Gasteiger partial charge in [-0.25, -0.2) is 4.98 Å². The van der Waals surface area contributed by atoms with Gasteiger partial charge >= 0.3 is 0 Å². The van der Waals surface area contributed by atoms with E-state index in [9.17, 15) is 4.79 Å². The van der Waals surface area contributed by atoms with E-state index >= 15 is 0 Å². The molecule has 0 unspecified atom stereocenters. The van der Waals surface area contributed by atoms with Crippen LogP contribution in [0.25, 0.3) is 0 Å². The molecule has 5 heteroatoms. The van der Waals surface area contributed by atoms with Gasteiger partial charge in [-0.3, -0.25) is 4.79 Å². The number of rotatable bonds is 1. The number of likely N-dealkylation sites (N-methyl/N-ethyl adjacent to an activating group) is 1. The minimum absolute atomic E-state index is 0.0895. The number of carbonyl (C=O) groups excluding carboxylic acids is 1. The zero-order chi connectivity index (χ0) is 12.3. The summed E-state index contributed by atoms with van der Waals surface area (Å²) in [7, 11) is 1.81. The molecule has 0 N–H and O–H groups in total. The lowest BCUT2D eigenvalue weighted by Gasteiger charge is -2.20. The predicted octanol–water partition coefficient (Wildman–Crippen LogP) is 0.622. The molecule has 5 nitrogen and oxygen atoms in total. The molecule has 0 radical (unpaired) electrons. The molecule has 0 spiro atoms. The fourth-order valence-corrected chi connectivity index (χ4v) is 1.84. The van der Waals surface area contributed by atoms with Gasteiger partial charge in [-0.2, -0.15) is 5.26 Å². The van der Waals surface area contributed by atoms with Crippen LogP contribution in [0.5, 0.6) is 0 Å². The third-order valence-electron chi connectivity index (χ3n) is 2.87. The minimum Gasteiger partial charge on any atom is -0.347 e. The number of nitriles is 1. The van der Waals surface area contributed by atoms with Crippen LogP contribution in [-0.2, 0) is 4.79 Å². The maximum atomic E-state index is 11.7. The Morgan fingerprint density at radius 1 is 1.47 bits per heavy atom. The standard InChI is InChI=1S/C12H14N4O/c1-15-5-2-6-16(9-12(15)17)11-7-10(8-13)3-4-14-11/h3-4,7H,2,5-6,9H2,1H3. The highest BCUT2D eigenvalue weighted by Gasteiger charge is 2.19. The molecule has 0 aromatic carbocycles. The van der Waals surface area contributed by atoms with Crippen LogP contribution in [0.4, 0.5) is 5.82 Å². The molecule has 1 aliphatic rings. The van der Waals surface area contributed by atoms with Gasteiger partial charge in [0.15, 0.2) is 0 Å². The minimum atomic E-state index is 0.0895. The van der Waals surface area contributed by atoms with E-state index in [0.717, 1.165) is 19.5 Å². The van der Waals surface area contributed by atoms with Crippen LogP contribution in [0.15, 0.2) is 18.3 Å². The van der Waals surface area contributed by atoms with Crippen LogP contribution in [0.2, 0.25) is 0 Å². The molecule has 0 bridgehead atoms. The Balaban J connectivity index is 2.21. The SMILES string of the molecule is CN1CCCN(c2cc(C#N)ccn2)CC1=O. The van der Waals surface area contributed by atoms with Crippen LogP contribution >= 0.6 is 0 Å². The van der Waals surface area contributed by atoms with Crippen molar-refractivity contribution in [3.63, 3.8) is 0 Å². The van der Waals surface area contributed by atoms with E-state index in [2.05, 4.69) is 11.1 Å². The summed E-state index contributed by atoms with van der Waals surface area (Å²) in [6.07, 6.45) is 2.52. The van der Waals surface area contributed by atoms with E-state index in [4.69, 9.17) is 5.26 Å². The molecule has 17 heavy (non-hydrogen) atoms. The van der Waals surface area contributed by atoms with Crippen molar-refractivity contribution in [3.8, 4) is 6.07 Å². The van der Waals surface area contributed by atoms with Gasteiger partial charge in [0, 0.05) is 26.3 Å². The Kier molecular flexibility index (Phi) is 3.24. The molecule has 1 amide bonds. The largest absolute Gasteiger partial charge is 0.347 e. The third kappa shape index (κ3) is 2.53. The Morgan fingerprint density at radius 3 is 3.06 bits per heavy atom. The average molecular weight is 230 g/mol. The van der Waals surface area contributed by atoms with Gasteiger partial charge in [0.05, 0.1) is 18.2 Å². The molecule has 1 aromatic heterocycles. The van der Waals surface area contributed by atoms with Gasteiger partial charge < -0.3 is 9.80 Å². The zero-order valence-corrected chi connectivity index (χ0v) is 9.76. The quantitative estimate of drug-likeness (QED) is 0.709. The van der Waals surface area contributed by atoms with E-state index in [0.29, 0.717) is 17.9 Å². The summed E-state index contributed by atoms with van der Waals surface area (Å²) < 4.78 is 0. The highest BCUT2D eigenvalue weighted by atomic mass is 16.2. The number of carbonyl (C=O) groups is 1. The van der Waals surface area contributed by atoms with Gasteiger partial charge in [0.25, 0.3) is 0 Å². The van der Waals surface area contributed by atoms with Crippen molar-refractivity contribution in [1.29, 1.82) is 5.26 Å². The fourth-order valence-electron chi connectivity index (χ4n) is 1.84. The summed E-state index contributed by atoms with van der Waals surface area (Å²) >= 11 is 0. The van der Waals surface area contributed by atoms with Crippen molar-refractivity contribution >= 4 is 11.7 Å². The second-order valence-electron chi connectivity index (χ2n) is 4.10. The molecule has 1 fully saturated rings. The number of anilines is 1. The Morgan fingerprint density at radius 2 is 2.29 bits per heavy atom. The Bertz CT molecular complexity index is 466. The molecule has 0 saturated carbocycles. The molecule has 0 aliphatic carbocycles. The topological polar surface area (TPSA) is 60.2 Å².